The van der Waals surface area contributed by atoms with Crippen molar-refractivity contribution < 1.29 is 33.8 Å². The minimum absolute atomic E-state index is 0.0690. The lowest BCUT2D eigenvalue weighted by atomic mass is 9.70. The number of nitrogens with zero attached hydrogens (tertiary/aromatic N) is 2. The number of nitrogens with one attached hydrogen (secondary N) is 1. The molecular weight excluding hydrogens is 550 g/mol. The number of aliphatic hydroxyl groups excluding tert-OH is 1. The summed E-state index contributed by atoms with van der Waals surface area (Å²) in [5.74, 6) is -3.17. The van der Waals surface area contributed by atoms with Gasteiger partial charge < -0.3 is 29.7 Å². The van der Waals surface area contributed by atoms with E-state index in [4.69, 9.17) is 9.47 Å². The number of benzene rings is 1. The number of likely N-dealkylation sites (tertiary alicyclic amines) is 1. The summed E-state index contributed by atoms with van der Waals surface area (Å²) in [5.41, 5.74) is -1.03. The molecule has 0 saturated carbocycles. The first-order valence-electron chi connectivity index (χ1n) is 15.1. The molecule has 1 aromatic rings. The van der Waals surface area contributed by atoms with E-state index in [2.05, 4.69) is 18.5 Å². The Morgan fingerprint density at radius 1 is 1.23 bits per heavy atom. The molecule has 2 bridgehead atoms. The van der Waals surface area contributed by atoms with Crippen LogP contribution in [0.3, 0.4) is 0 Å². The van der Waals surface area contributed by atoms with Crippen LogP contribution in [0.15, 0.2) is 55.6 Å². The summed E-state index contributed by atoms with van der Waals surface area (Å²) < 4.78 is 12.6. The predicted molar refractivity (Wildman–Crippen MR) is 160 cm³/mol. The molecule has 3 aliphatic heterocycles. The predicted octanol–water partition coefficient (Wildman–Crippen LogP) is 2.92. The molecule has 0 aromatic heterocycles. The zero-order valence-electron chi connectivity index (χ0n) is 25.5. The van der Waals surface area contributed by atoms with Crippen LogP contribution in [0.4, 0.5) is 0 Å². The van der Waals surface area contributed by atoms with E-state index in [-0.39, 0.29) is 56.8 Å². The average molecular weight is 596 g/mol. The first-order chi connectivity index (χ1) is 20.5. The van der Waals surface area contributed by atoms with E-state index in [1.807, 2.05) is 51.1 Å². The van der Waals surface area contributed by atoms with Crippen LogP contribution >= 0.6 is 0 Å². The van der Waals surface area contributed by atoms with Gasteiger partial charge >= 0.3 is 5.97 Å². The Bertz CT molecular complexity index is 1210. The molecule has 3 amide bonds. The van der Waals surface area contributed by atoms with Crippen LogP contribution in [-0.4, -0.2) is 88.1 Å². The van der Waals surface area contributed by atoms with Gasteiger partial charge in [0, 0.05) is 31.7 Å². The van der Waals surface area contributed by atoms with Crippen molar-refractivity contribution in [3.05, 3.63) is 61.2 Å². The van der Waals surface area contributed by atoms with Crippen molar-refractivity contribution in [3.8, 4) is 0 Å². The number of ether oxygens (including phenoxy) is 2. The molecule has 1 aromatic carbocycles. The highest BCUT2D eigenvalue weighted by Gasteiger charge is 2.75. The Hall–Kier alpha value is -3.50. The highest BCUT2D eigenvalue weighted by Crippen LogP contribution is 2.59. The highest BCUT2D eigenvalue weighted by atomic mass is 16.6. The lowest BCUT2D eigenvalue weighted by Gasteiger charge is -2.42. The van der Waals surface area contributed by atoms with Gasteiger partial charge in [-0.3, -0.25) is 19.2 Å². The summed E-state index contributed by atoms with van der Waals surface area (Å²) in [5, 5.41) is 12.4. The fourth-order valence-corrected chi connectivity index (χ4v) is 6.80. The first kappa shape index (κ1) is 32.4. The van der Waals surface area contributed by atoms with E-state index >= 15 is 0 Å². The van der Waals surface area contributed by atoms with Crippen molar-refractivity contribution in [2.45, 2.75) is 82.3 Å². The quantitative estimate of drug-likeness (QED) is 0.250. The van der Waals surface area contributed by atoms with Gasteiger partial charge in [0.15, 0.2) is 0 Å². The summed E-state index contributed by atoms with van der Waals surface area (Å²) in [6, 6.07) is 8.20. The standard InChI is InChI=1S/C33H45N3O7/c1-6-8-15-25(38)34-21-24(22-13-10-9-11-14-22)42-31(41)26-23-16-17-33(43-23)27(26)29(39)35(19-12-20-37)28(33)30(40)36(18-7-2)32(3,4)5/h6-7,9-11,13-14,23-24,26-28,37H,1-2,8,12,15-21H2,3-5H3,(H,34,38)/t23-,24-,26+,27+,28-,33+/m0/s1. The molecule has 43 heavy (non-hydrogen) atoms. The Morgan fingerprint density at radius 3 is 2.58 bits per heavy atom. The van der Waals surface area contributed by atoms with Crippen molar-refractivity contribution in [1.82, 2.24) is 15.1 Å². The second-order valence-corrected chi connectivity index (χ2v) is 12.5. The summed E-state index contributed by atoms with van der Waals surface area (Å²) >= 11 is 0. The highest BCUT2D eigenvalue weighted by molar-refractivity contribution is 5.98. The van der Waals surface area contributed by atoms with Gasteiger partial charge in [-0.1, -0.05) is 42.5 Å². The SMILES string of the molecule is C=CCCC(=O)NC[C@H](OC(=O)[C@@H]1[C@@H]2CC[C@]3(O2)[C@H](C(=O)N(CC=C)C(C)(C)C)N(CCCO)C(=O)[C@@H]13)c1ccccc1. The summed E-state index contributed by atoms with van der Waals surface area (Å²) in [6.45, 7) is 13.6. The van der Waals surface area contributed by atoms with E-state index in [9.17, 15) is 24.3 Å². The molecule has 3 heterocycles. The number of carbonyl (C=O) groups is 4. The lowest BCUT2D eigenvalue weighted by Crippen LogP contribution is -2.60. The maximum absolute atomic E-state index is 14.3. The van der Waals surface area contributed by atoms with Crippen LogP contribution in [0.2, 0.25) is 0 Å². The second-order valence-electron chi connectivity index (χ2n) is 12.5. The average Bonchev–Trinajstić information content (AvgIpc) is 3.62. The molecule has 0 radical (unpaired) electrons. The molecule has 0 unspecified atom stereocenters. The van der Waals surface area contributed by atoms with Gasteiger partial charge in [-0.15, -0.1) is 13.2 Å². The van der Waals surface area contributed by atoms with Gasteiger partial charge in [0.05, 0.1) is 24.5 Å². The van der Waals surface area contributed by atoms with Crippen molar-refractivity contribution >= 4 is 23.7 Å². The van der Waals surface area contributed by atoms with Crippen molar-refractivity contribution in [3.63, 3.8) is 0 Å². The van der Waals surface area contributed by atoms with Gasteiger partial charge in [-0.05, 0) is 52.0 Å². The molecule has 234 valence electrons. The van der Waals surface area contributed by atoms with Crippen LogP contribution < -0.4 is 5.32 Å². The minimum atomic E-state index is -1.18. The number of esters is 1. The molecule has 4 rings (SSSR count). The number of aliphatic hydroxyl groups is 1. The number of allylic oxidation sites excluding steroid dienone is 1. The summed E-state index contributed by atoms with van der Waals surface area (Å²) in [4.78, 5) is 57.9. The number of fused-ring (bicyclic) bond motifs is 1. The largest absolute Gasteiger partial charge is 0.455 e. The topological polar surface area (TPSA) is 125 Å². The molecule has 3 aliphatic rings. The molecule has 0 aliphatic carbocycles. The molecule has 3 saturated heterocycles. The van der Waals surface area contributed by atoms with E-state index in [0.717, 1.165) is 0 Å². The fourth-order valence-electron chi connectivity index (χ4n) is 6.80. The van der Waals surface area contributed by atoms with E-state index in [1.165, 1.54) is 4.90 Å². The van der Waals surface area contributed by atoms with Crippen molar-refractivity contribution in [2.24, 2.45) is 11.8 Å². The van der Waals surface area contributed by atoms with E-state index in [1.54, 1.807) is 17.1 Å². The second kappa shape index (κ2) is 13.4. The molecular formula is C33H45N3O7. The molecule has 2 N–H and O–H groups in total. The smallest absolute Gasteiger partial charge is 0.313 e. The fraction of sp³-hybridized carbons (Fsp3) is 0.576. The van der Waals surface area contributed by atoms with Crippen molar-refractivity contribution in [1.29, 1.82) is 0 Å². The Labute approximate surface area is 254 Å². The number of carbonyl (C=O) groups excluding carboxylic acids is 4. The van der Waals surface area contributed by atoms with Crippen molar-refractivity contribution in [2.75, 3.05) is 26.2 Å². The van der Waals surface area contributed by atoms with Crippen LogP contribution in [-0.2, 0) is 28.7 Å². The molecule has 10 heteroatoms. The van der Waals surface area contributed by atoms with Crippen LogP contribution in [0, 0.1) is 11.8 Å². The zero-order chi connectivity index (χ0) is 31.4. The van der Waals surface area contributed by atoms with Crippen LogP contribution in [0.25, 0.3) is 0 Å². The normalized spacial score (nSPS) is 26.5. The Balaban J connectivity index is 1.63. The number of hydrogen-bond acceptors (Lipinski definition) is 7. The number of amides is 3. The third-order valence-corrected chi connectivity index (χ3v) is 8.74. The van der Waals surface area contributed by atoms with Gasteiger partial charge in [0.25, 0.3) is 0 Å². The first-order valence-corrected chi connectivity index (χ1v) is 15.1. The number of hydrogen-bond donors (Lipinski definition) is 2. The minimum Gasteiger partial charge on any atom is -0.455 e. The third-order valence-electron chi connectivity index (χ3n) is 8.74. The lowest BCUT2D eigenvalue weighted by molar-refractivity contribution is -0.160. The van der Waals surface area contributed by atoms with E-state index in [0.29, 0.717) is 24.8 Å². The maximum atomic E-state index is 14.3. The van der Waals surface area contributed by atoms with Gasteiger partial charge in [-0.25, -0.2) is 0 Å². The van der Waals surface area contributed by atoms with Gasteiger partial charge in [0.1, 0.15) is 17.7 Å². The Morgan fingerprint density at radius 2 is 1.95 bits per heavy atom. The molecule has 10 nitrogen and oxygen atoms in total. The molecule has 6 atom stereocenters. The monoisotopic (exact) mass is 595 g/mol. The van der Waals surface area contributed by atoms with E-state index < -0.39 is 47.2 Å². The third kappa shape index (κ3) is 6.40. The molecule has 3 fully saturated rings. The Kier molecular flexibility index (Phi) is 10.1. The summed E-state index contributed by atoms with van der Waals surface area (Å²) in [6.07, 6.45) is 4.02. The van der Waals surface area contributed by atoms with Gasteiger partial charge in [0.2, 0.25) is 17.7 Å². The summed E-state index contributed by atoms with van der Waals surface area (Å²) in [7, 11) is 0. The van der Waals surface area contributed by atoms with Crippen LogP contribution in [0.5, 0.6) is 0 Å². The number of rotatable bonds is 14. The molecule has 1 spiro atoms. The maximum Gasteiger partial charge on any atom is 0.313 e. The van der Waals surface area contributed by atoms with Gasteiger partial charge in [-0.2, -0.15) is 0 Å². The van der Waals surface area contributed by atoms with Crippen LogP contribution in [0.1, 0.15) is 64.5 Å². The zero-order valence-corrected chi connectivity index (χ0v) is 25.5.